The maximum atomic E-state index is 13.3. The molecule has 0 amide bonds. The molecule has 0 aliphatic heterocycles. The summed E-state index contributed by atoms with van der Waals surface area (Å²) in [6.45, 7) is 2.24. The fraction of sp³-hybridized carbons (Fsp3) is 0.308. The summed E-state index contributed by atoms with van der Waals surface area (Å²) in [6.07, 6.45) is 0.828. The predicted molar refractivity (Wildman–Crippen MR) is 73.1 cm³/mol. The van der Waals surface area contributed by atoms with Crippen LogP contribution in [0, 0.1) is 5.82 Å². The second-order valence-electron chi connectivity index (χ2n) is 4.49. The first-order valence-electron chi connectivity index (χ1n) is 6.30. The van der Waals surface area contributed by atoms with Gasteiger partial charge >= 0.3 is 7.12 Å². The summed E-state index contributed by atoms with van der Waals surface area (Å²) in [5, 5.41) is 22.4. The van der Waals surface area contributed by atoms with E-state index in [1.54, 1.807) is 4.68 Å². The number of aromatic nitrogens is 2. The average Bonchev–Trinajstić information content (AvgIpc) is 2.76. The highest BCUT2D eigenvalue weighted by Crippen LogP contribution is 2.14. The van der Waals surface area contributed by atoms with Crippen LogP contribution in [0.25, 0.3) is 0 Å². The van der Waals surface area contributed by atoms with Gasteiger partial charge in [-0.05, 0) is 30.1 Å². The first kappa shape index (κ1) is 14.6. The van der Waals surface area contributed by atoms with Crippen molar-refractivity contribution in [2.45, 2.75) is 20.0 Å². The Morgan fingerprint density at radius 2 is 2.05 bits per heavy atom. The Morgan fingerprint density at radius 3 is 2.65 bits per heavy atom. The van der Waals surface area contributed by atoms with Crippen molar-refractivity contribution >= 4 is 12.6 Å². The predicted octanol–water partition coefficient (Wildman–Crippen LogP) is 0.380. The van der Waals surface area contributed by atoms with Gasteiger partial charge in [-0.3, -0.25) is 4.68 Å². The molecule has 0 unspecified atom stereocenters. The molecule has 1 heterocycles. The van der Waals surface area contributed by atoms with E-state index in [-0.39, 0.29) is 17.8 Å². The molecule has 0 radical (unpaired) electrons. The Hall–Kier alpha value is -1.86. The molecule has 106 valence electrons. The van der Waals surface area contributed by atoms with Crippen molar-refractivity contribution < 1.29 is 19.2 Å². The van der Waals surface area contributed by atoms with Gasteiger partial charge in [-0.15, -0.1) is 0 Å². The van der Waals surface area contributed by atoms with Crippen molar-refractivity contribution in [3.63, 3.8) is 0 Å². The smallest absolute Gasteiger partial charge is 0.487 e. The summed E-state index contributed by atoms with van der Waals surface area (Å²) in [6, 6.07) is 5.56. The molecule has 0 fully saturated rings. The molecule has 2 aromatic rings. The summed E-state index contributed by atoms with van der Waals surface area (Å²) in [4.78, 5) is 0. The Morgan fingerprint density at radius 1 is 1.30 bits per heavy atom. The first-order valence-corrected chi connectivity index (χ1v) is 6.30. The molecule has 1 aromatic heterocycles. The molecule has 0 bridgehead atoms. The maximum absolute atomic E-state index is 13.3. The highest BCUT2D eigenvalue weighted by atomic mass is 19.1. The molecule has 0 saturated heterocycles. The van der Waals surface area contributed by atoms with Crippen LogP contribution in [0.2, 0.25) is 0 Å². The lowest BCUT2D eigenvalue weighted by Crippen LogP contribution is -2.30. The van der Waals surface area contributed by atoms with E-state index in [1.807, 2.05) is 20.0 Å². The standard InChI is InChI=1S/C13H16BFN2O3/c1-3-11-7-12(17(2)16-11)8-20-13-5-9(14(18)19)4-10(15)6-13/h4-7,18-19H,3,8H2,1-2H3. The molecule has 5 nitrogen and oxygen atoms in total. The van der Waals surface area contributed by atoms with Crippen LogP contribution in [0.15, 0.2) is 24.3 Å². The Labute approximate surface area is 116 Å². The molecule has 0 saturated carbocycles. The van der Waals surface area contributed by atoms with Crippen LogP contribution in [0.1, 0.15) is 18.3 Å². The van der Waals surface area contributed by atoms with E-state index in [2.05, 4.69) is 5.10 Å². The SMILES string of the molecule is CCc1cc(COc2cc(F)cc(B(O)O)c2)n(C)n1. The second-order valence-corrected chi connectivity index (χ2v) is 4.49. The van der Waals surface area contributed by atoms with E-state index in [4.69, 9.17) is 14.8 Å². The monoisotopic (exact) mass is 278 g/mol. The molecule has 0 aliphatic carbocycles. The normalized spacial score (nSPS) is 10.7. The molecule has 1 aromatic carbocycles. The van der Waals surface area contributed by atoms with Gasteiger partial charge in [0.1, 0.15) is 18.2 Å². The molecule has 7 heteroatoms. The van der Waals surface area contributed by atoms with Crippen molar-refractivity contribution in [2.75, 3.05) is 0 Å². The Kier molecular flexibility index (Phi) is 4.41. The highest BCUT2D eigenvalue weighted by molar-refractivity contribution is 6.58. The number of halogens is 1. The molecule has 2 rings (SSSR count). The number of benzene rings is 1. The molecule has 0 spiro atoms. The summed E-state index contributed by atoms with van der Waals surface area (Å²) < 4.78 is 20.5. The summed E-state index contributed by atoms with van der Waals surface area (Å²) in [5.74, 6) is -0.336. The third kappa shape index (κ3) is 3.37. The minimum absolute atomic E-state index is 0.0549. The fourth-order valence-electron chi connectivity index (χ4n) is 1.85. The van der Waals surface area contributed by atoms with Crippen LogP contribution in [0.5, 0.6) is 5.75 Å². The van der Waals surface area contributed by atoms with Crippen molar-refractivity contribution in [1.82, 2.24) is 9.78 Å². The zero-order valence-electron chi connectivity index (χ0n) is 11.4. The van der Waals surface area contributed by atoms with E-state index in [9.17, 15) is 4.39 Å². The first-order chi connectivity index (χ1) is 9.49. The number of aryl methyl sites for hydroxylation is 2. The van der Waals surface area contributed by atoms with Gasteiger partial charge in [-0.25, -0.2) is 4.39 Å². The molecule has 0 aliphatic rings. The molecular weight excluding hydrogens is 262 g/mol. The van der Waals surface area contributed by atoms with Crippen molar-refractivity contribution in [3.8, 4) is 5.75 Å². The molecule has 20 heavy (non-hydrogen) atoms. The van der Waals surface area contributed by atoms with Crippen LogP contribution in [0.3, 0.4) is 0 Å². The summed E-state index contributed by atoms with van der Waals surface area (Å²) in [7, 11) is 0.0863. The minimum atomic E-state index is -1.73. The lowest BCUT2D eigenvalue weighted by atomic mass is 9.80. The van der Waals surface area contributed by atoms with Crippen LogP contribution in [-0.2, 0) is 20.1 Å². The van der Waals surface area contributed by atoms with Gasteiger partial charge in [0.15, 0.2) is 0 Å². The van der Waals surface area contributed by atoms with Crippen molar-refractivity contribution in [1.29, 1.82) is 0 Å². The lowest BCUT2D eigenvalue weighted by molar-refractivity contribution is 0.293. The van der Waals surface area contributed by atoms with E-state index >= 15 is 0 Å². The zero-order chi connectivity index (χ0) is 14.7. The quantitative estimate of drug-likeness (QED) is 0.776. The van der Waals surface area contributed by atoms with E-state index in [1.165, 1.54) is 12.1 Å². The molecule has 0 atom stereocenters. The Balaban J connectivity index is 2.12. The number of ether oxygens (including phenoxy) is 1. The molecule has 2 N–H and O–H groups in total. The van der Waals surface area contributed by atoms with Gasteiger partial charge in [0.2, 0.25) is 0 Å². The van der Waals surface area contributed by atoms with Gasteiger partial charge in [-0.2, -0.15) is 5.10 Å². The van der Waals surface area contributed by atoms with E-state index in [0.717, 1.165) is 23.9 Å². The number of hydrogen-bond donors (Lipinski definition) is 2. The topological polar surface area (TPSA) is 67.5 Å². The van der Waals surface area contributed by atoms with E-state index in [0.29, 0.717) is 0 Å². The van der Waals surface area contributed by atoms with Crippen LogP contribution < -0.4 is 10.2 Å². The van der Waals surface area contributed by atoms with E-state index < -0.39 is 12.9 Å². The number of hydrogen-bond acceptors (Lipinski definition) is 4. The van der Waals surface area contributed by atoms with Gasteiger partial charge < -0.3 is 14.8 Å². The average molecular weight is 278 g/mol. The fourth-order valence-corrected chi connectivity index (χ4v) is 1.85. The van der Waals surface area contributed by atoms with Crippen molar-refractivity contribution in [3.05, 3.63) is 41.5 Å². The van der Waals surface area contributed by atoms with Crippen molar-refractivity contribution in [2.24, 2.45) is 7.05 Å². The number of nitrogens with zero attached hydrogens (tertiary/aromatic N) is 2. The summed E-state index contributed by atoms with van der Waals surface area (Å²) in [5.41, 5.74) is 1.87. The lowest BCUT2D eigenvalue weighted by Gasteiger charge is -2.08. The zero-order valence-corrected chi connectivity index (χ0v) is 11.4. The minimum Gasteiger partial charge on any atom is -0.487 e. The van der Waals surface area contributed by atoms with Gasteiger partial charge in [0, 0.05) is 13.1 Å². The van der Waals surface area contributed by atoms with Gasteiger partial charge in [0.05, 0.1) is 11.4 Å². The third-order valence-electron chi connectivity index (χ3n) is 2.97. The van der Waals surface area contributed by atoms with Gasteiger partial charge in [-0.1, -0.05) is 6.92 Å². The molecular formula is C13H16BFN2O3. The summed E-state index contributed by atoms with van der Waals surface area (Å²) >= 11 is 0. The highest BCUT2D eigenvalue weighted by Gasteiger charge is 2.14. The van der Waals surface area contributed by atoms with Crippen LogP contribution in [-0.4, -0.2) is 26.9 Å². The van der Waals surface area contributed by atoms with Crippen LogP contribution >= 0.6 is 0 Å². The number of rotatable bonds is 5. The van der Waals surface area contributed by atoms with Crippen LogP contribution in [0.4, 0.5) is 4.39 Å². The third-order valence-corrected chi connectivity index (χ3v) is 2.97. The largest absolute Gasteiger partial charge is 0.488 e. The second kappa shape index (κ2) is 6.07. The Bertz CT molecular complexity index is 601. The van der Waals surface area contributed by atoms with Gasteiger partial charge in [0.25, 0.3) is 0 Å². The maximum Gasteiger partial charge on any atom is 0.488 e.